The Labute approximate surface area is 99.1 Å². The van der Waals surface area contributed by atoms with Crippen molar-refractivity contribution in [3.05, 3.63) is 0 Å². The Hall–Kier alpha value is 0.160. The summed E-state index contributed by atoms with van der Waals surface area (Å²) in [4.78, 5) is 11.8. The molecule has 4 heteroatoms. The summed E-state index contributed by atoms with van der Waals surface area (Å²) in [5, 5.41) is 3.22. The zero-order valence-corrected chi connectivity index (χ0v) is 11.3. The molecular formula is C10H18INO2. The van der Waals surface area contributed by atoms with Crippen molar-refractivity contribution in [1.82, 2.24) is 5.32 Å². The van der Waals surface area contributed by atoms with Crippen LogP contribution in [0.4, 0.5) is 0 Å². The highest BCUT2D eigenvalue weighted by atomic mass is 127. The van der Waals surface area contributed by atoms with Crippen molar-refractivity contribution in [3.8, 4) is 0 Å². The maximum Gasteiger partial charge on any atom is 0.326 e. The molecule has 0 spiro atoms. The molecule has 0 bridgehead atoms. The fourth-order valence-electron chi connectivity index (χ4n) is 1.47. The van der Waals surface area contributed by atoms with Gasteiger partial charge in [0.1, 0.15) is 11.1 Å². The van der Waals surface area contributed by atoms with Crippen LogP contribution in [0.1, 0.15) is 34.1 Å². The van der Waals surface area contributed by atoms with Crippen LogP contribution in [0.15, 0.2) is 0 Å². The molecule has 0 aromatic heterocycles. The van der Waals surface area contributed by atoms with E-state index in [1.165, 1.54) is 0 Å². The molecule has 2 atom stereocenters. The molecule has 1 rings (SSSR count). The van der Waals surface area contributed by atoms with E-state index in [0.717, 1.165) is 13.0 Å². The molecule has 1 fully saturated rings. The first-order valence-electron chi connectivity index (χ1n) is 4.85. The number of hydrogen-bond donors (Lipinski definition) is 1. The van der Waals surface area contributed by atoms with Crippen LogP contribution < -0.4 is 5.32 Å². The molecule has 14 heavy (non-hydrogen) atoms. The van der Waals surface area contributed by atoms with Crippen LogP contribution >= 0.6 is 22.6 Å². The Kier molecular flexibility index (Phi) is 3.46. The van der Waals surface area contributed by atoms with Gasteiger partial charge in [-0.05, 0) is 34.1 Å². The normalized spacial score (nSPS) is 33.1. The van der Waals surface area contributed by atoms with Gasteiger partial charge in [0.05, 0.1) is 0 Å². The van der Waals surface area contributed by atoms with Crippen LogP contribution in [-0.4, -0.2) is 27.6 Å². The molecule has 0 aromatic rings. The van der Waals surface area contributed by atoms with Crippen molar-refractivity contribution in [1.29, 1.82) is 0 Å². The Morgan fingerprint density at radius 3 is 2.50 bits per heavy atom. The molecule has 0 aliphatic carbocycles. The largest absolute Gasteiger partial charge is 0.459 e. The van der Waals surface area contributed by atoms with Crippen LogP contribution in [0.25, 0.3) is 0 Å². The zero-order chi connectivity index (χ0) is 11.0. The van der Waals surface area contributed by atoms with Gasteiger partial charge in [0.2, 0.25) is 0 Å². The van der Waals surface area contributed by atoms with Gasteiger partial charge in [-0.2, -0.15) is 0 Å². The summed E-state index contributed by atoms with van der Waals surface area (Å²) in [6, 6.07) is 0. The summed E-state index contributed by atoms with van der Waals surface area (Å²) < 4.78 is 5.89. The van der Waals surface area contributed by atoms with E-state index in [9.17, 15) is 4.79 Å². The van der Waals surface area contributed by atoms with E-state index in [1.54, 1.807) is 0 Å². The highest BCUT2D eigenvalue weighted by Gasteiger charge is 2.42. The number of alkyl halides is 1. The van der Waals surface area contributed by atoms with E-state index in [-0.39, 0.29) is 5.97 Å². The first kappa shape index (κ1) is 12.2. The first-order chi connectivity index (χ1) is 6.23. The van der Waals surface area contributed by atoms with Crippen molar-refractivity contribution < 1.29 is 9.53 Å². The lowest BCUT2D eigenvalue weighted by atomic mass is 10.0. The topological polar surface area (TPSA) is 38.3 Å². The van der Waals surface area contributed by atoms with Gasteiger partial charge in [-0.1, -0.05) is 22.6 Å². The SMILES string of the molecule is CC(C)(C)OC(=O)[C@]1(C)C[C@@H](I)CN1. The van der Waals surface area contributed by atoms with Gasteiger partial charge < -0.3 is 10.1 Å². The van der Waals surface area contributed by atoms with Crippen LogP contribution in [0.3, 0.4) is 0 Å². The Balaban J connectivity index is 2.61. The number of carbonyl (C=O) groups excluding carboxylic acids is 1. The lowest BCUT2D eigenvalue weighted by Crippen LogP contribution is -2.48. The number of hydrogen-bond acceptors (Lipinski definition) is 3. The first-order valence-corrected chi connectivity index (χ1v) is 6.10. The third-order valence-electron chi connectivity index (χ3n) is 2.19. The third-order valence-corrected chi connectivity index (χ3v) is 3.07. The fourth-order valence-corrected chi connectivity index (χ4v) is 2.57. The predicted molar refractivity (Wildman–Crippen MR) is 64.7 cm³/mol. The number of nitrogens with one attached hydrogen (secondary N) is 1. The van der Waals surface area contributed by atoms with Gasteiger partial charge in [0.25, 0.3) is 0 Å². The summed E-state index contributed by atoms with van der Waals surface area (Å²) in [5.41, 5.74) is -0.885. The number of esters is 1. The highest BCUT2D eigenvalue weighted by molar-refractivity contribution is 14.1. The molecule has 0 radical (unpaired) electrons. The van der Waals surface area contributed by atoms with E-state index in [2.05, 4.69) is 27.9 Å². The van der Waals surface area contributed by atoms with Crippen LogP contribution in [-0.2, 0) is 9.53 Å². The standard InChI is InChI=1S/C10H18INO2/c1-9(2,3)14-8(13)10(4)5-7(11)6-12-10/h7,12H,5-6H2,1-4H3/t7-,10+/m1/s1. The molecule has 1 N–H and O–H groups in total. The van der Waals surface area contributed by atoms with E-state index < -0.39 is 11.1 Å². The molecular weight excluding hydrogens is 293 g/mol. The van der Waals surface area contributed by atoms with Crippen LogP contribution in [0.2, 0.25) is 0 Å². The van der Waals surface area contributed by atoms with E-state index in [4.69, 9.17) is 4.74 Å². The van der Waals surface area contributed by atoms with Crippen molar-refractivity contribution in [2.75, 3.05) is 6.54 Å². The second-order valence-corrected chi connectivity index (χ2v) is 6.78. The molecule has 1 aliphatic rings. The predicted octanol–water partition coefficient (Wildman–Crippen LogP) is 1.88. The summed E-state index contributed by atoms with van der Waals surface area (Å²) in [7, 11) is 0. The van der Waals surface area contributed by atoms with Gasteiger partial charge in [0, 0.05) is 10.5 Å². The van der Waals surface area contributed by atoms with E-state index in [1.807, 2.05) is 27.7 Å². The number of ether oxygens (including phenoxy) is 1. The summed E-state index contributed by atoms with van der Waals surface area (Å²) in [6.45, 7) is 8.48. The quantitative estimate of drug-likeness (QED) is 0.456. The molecule has 82 valence electrons. The van der Waals surface area contributed by atoms with Crippen molar-refractivity contribution in [2.24, 2.45) is 0 Å². The smallest absolute Gasteiger partial charge is 0.326 e. The average Bonchev–Trinajstić information content (AvgIpc) is 2.29. The Morgan fingerprint density at radius 1 is 1.57 bits per heavy atom. The van der Waals surface area contributed by atoms with E-state index >= 15 is 0 Å². The number of carbonyl (C=O) groups is 1. The lowest BCUT2D eigenvalue weighted by molar-refractivity contribution is -0.161. The monoisotopic (exact) mass is 311 g/mol. The molecule has 1 saturated heterocycles. The van der Waals surface area contributed by atoms with Crippen LogP contribution in [0, 0.1) is 0 Å². The number of halogens is 1. The molecule has 0 amide bonds. The van der Waals surface area contributed by atoms with Gasteiger partial charge in [0.15, 0.2) is 0 Å². The summed E-state index contributed by atoms with van der Waals surface area (Å²) in [5.74, 6) is -0.135. The summed E-state index contributed by atoms with van der Waals surface area (Å²) >= 11 is 2.36. The van der Waals surface area contributed by atoms with Crippen molar-refractivity contribution in [2.45, 2.75) is 49.2 Å². The van der Waals surface area contributed by atoms with Crippen molar-refractivity contribution >= 4 is 28.6 Å². The lowest BCUT2D eigenvalue weighted by Gasteiger charge is -2.28. The van der Waals surface area contributed by atoms with Gasteiger partial charge in [-0.3, -0.25) is 4.79 Å². The minimum Gasteiger partial charge on any atom is -0.459 e. The minimum absolute atomic E-state index is 0.135. The molecule has 1 heterocycles. The highest BCUT2D eigenvalue weighted by Crippen LogP contribution is 2.27. The average molecular weight is 311 g/mol. The van der Waals surface area contributed by atoms with Crippen LogP contribution in [0.5, 0.6) is 0 Å². The maximum absolute atomic E-state index is 11.8. The van der Waals surface area contributed by atoms with Gasteiger partial charge in [-0.15, -0.1) is 0 Å². The van der Waals surface area contributed by atoms with Gasteiger partial charge >= 0.3 is 5.97 Å². The number of rotatable bonds is 1. The third kappa shape index (κ3) is 3.08. The Bertz CT molecular complexity index is 237. The Morgan fingerprint density at radius 2 is 2.14 bits per heavy atom. The van der Waals surface area contributed by atoms with Gasteiger partial charge in [-0.25, -0.2) is 0 Å². The molecule has 1 aliphatic heterocycles. The molecule has 3 nitrogen and oxygen atoms in total. The summed E-state index contributed by atoms with van der Waals surface area (Å²) in [6.07, 6.45) is 0.850. The second-order valence-electron chi connectivity index (χ2n) is 5.02. The molecule has 0 saturated carbocycles. The fraction of sp³-hybridized carbons (Fsp3) is 0.900. The maximum atomic E-state index is 11.8. The zero-order valence-electron chi connectivity index (χ0n) is 9.19. The minimum atomic E-state index is -0.487. The second kappa shape index (κ2) is 3.96. The van der Waals surface area contributed by atoms with Crippen molar-refractivity contribution in [3.63, 3.8) is 0 Å². The molecule has 0 aromatic carbocycles. The van der Waals surface area contributed by atoms with E-state index in [0.29, 0.717) is 3.92 Å². The molecule has 0 unspecified atom stereocenters.